The molecule has 4 nitrogen and oxygen atoms in total. The molecule has 0 atom stereocenters. The summed E-state index contributed by atoms with van der Waals surface area (Å²) in [4.78, 5) is 3.57. The van der Waals surface area contributed by atoms with E-state index >= 15 is 0 Å². The molecule has 0 aliphatic rings. The van der Waals surface area contributed by atoms with Gasteiger partial charge in [-0.1, -0.05) is 0 Å². The Labute approximate surface area is 80.2 Å². The maximum atomic E-state index is 12.6. The van der Waals surface area contributed by atoms with Crippen LogP contribution in [0.3, 0.4) is 0 Å². The maximum absolute atomic E-state index is 12.6. The molecule has 6 heteroatoms. The standard InChI is InChI=1S/C8H7FN2O2S/c1-11-5-10-7-4-6(14(9,12)13)2-3-8(7)11/h2-5H,1H3. The fourth-order valence-electron chi connectivity index (χ4n) is 1.27. The van der Waals surface area contributed by atoms with Gasteiger partial charge in [0.1, 0.15) is 4.90 Å². The number of fused-ring (bicyclic) bond motifs is 1. The zero-order valence-corrected chi connectivity index (χ0v) is 8.12. The highest BCUT2D eigenvalue weighted by molar-refractivity contribution is 7.86. The molecule has 0 amide bonds. The predicted octanol–water partition coefficient (Wildman–Crippen LogP) is 1.23. The number of halogens is 1. The fourth-order valence-corrected chi connectivity index (χ4v) is 1.75. The Morgan fingerprint density at radius 2 is 2.14 bits per heavy atom. The average molecular weight is 214 g/mol. The number of aromatic nitrogens is 2. The Balaban J connectivity index is 2.76. The van der Waals surface area contributed by atoms with Crippen LogP contribution in [-0.2, 0) is 17.3 Å². The van der Waals surface area contributed by atoms with Crippen molar-refractivity contribution in [2.75, 3.05) is 0 Å². The molecule has 0 aliphatic heterocycles. The number of rotatable bonds is 1. The predicted molar refractivity (Wildman–Crippen MR) is 49.0 cm³/mol. The fraction of sp³-hybridized carbons (Fsp3) is 0.125. The van der Waals surface area contributed by atoms with Gasteiger partial charge in [-0.25, -0.2) is 4.98 Å². The van der Waals surface area contributed by atoms with E-state index in [0.29, 0.717) is 5.52 Å². The van der Waals surface area contributed by atoms with Gasteiger partial charge < -0.3 is 4.57 Å². The van der Waals surface area contributed by atoms with Crippen molar-refractivity contribution in [2.45, 2.75) is 4.90 Å². The summed E-state index contributed by atoms with van der Waals surface area (Å²) in [7, 11) is -2.86. The first kappa shape index (κ1) is 9.14. The van der Waals surface area contributed by atoms with Gasteiger partial charge in [-0.05, 0) is 18.2 Å². The summed E-state index contributed by atoms with van der Waals surface area (Å²) in [5.41, 5.74) is 1.23. The van der Waals surface area contributed by atoms with Crippen LogP contribution in [-0.4, -0.2) is 18.0 Å². The first-order valence-electron chi connectivity index (χ1n) is 3.84. The number of imidazole rings is 1. The highest BCUT2D eigenvalue weighted by Gasteiger charge is 2.13. The summed E-state index contributed by atoms with van der Waals surface area (Å²) in [5.74, 6) is 0. The molecule has 1 aromatic heterocycles. The summed E-state index contributed by atoms with van der Waals surface area (Å²) in [6, 6.07) is 3.96. The Kier molecular flexibility index (Phi) is 1.81. The van der Waals surface area contributed by atoms with E-state index in [0.717, 1.165) is 5.52 Å². The molecular weight excluding hydrogens is 207 g/mol. The van der Waals surface area contributed by atoms with Crippen molar-refractivity contribution in [2.24, 2.45) is 7.05 Å². The number of hydrogen-bond donors (Lipinski definition) is 0. The number of aryl methyl sites for hydroxylation is 1. The molecule has 0 saturated carbocycles. The lowest BCUT2D eigenvalue weighted by molar-refractivity contribution is 0.552. The summed E-state index contributed by atoms with van der Waals surface area (Å²) in [5, 5.41) is 0. The van der Waals surface area contributed by atoms with Gasteiger partial charge in [-0.15, -0.1) is 3.89 Å². The van der Waals surface area contributed by atoms with Gasteiger partial charge in [0.25, 0.3) is 0 Å². The number of benzene rings is 1. The van der Waals surface area contributed by atoms with Crippen molar-refractivity contribution >= 4 is 21.3 Å². The van der Waals surface area contributed by atoms with Crippen LogP contribution in [0.2, 0.25) is 0 Å². The second kappa shape index (κ2) is 2.78. The highest BCUT2D eigenvalue weighted by atomic mass is 32.3. The van der Waals surface area contributed by atoms with Crippen molar-refractivity contribution in [1.29, 1.82) is 0 Å². The van der Waals surface area contributed by atoms with Gasteiger partial charge in [-0.2, -0.15) is 8.42 Å². The van der Waals surface area contributed by atoms with Crippen LogP contribution < -0.4 is 0 Å². The molecule has 0 fully saturated rings. The minimum atomic E-state index is -4.63. The van der Waals surface area contributed by atoms with Crippen LogP contribution in [0.1, 0.15) is 0 Å². The van der Waals surface area contributed by atoms with E-state index in [2.05, 4.69) is 4.98 Å². The molecule has 2 aromatic rings. The van der Waals surface area contributed by atoms with Crippen LogP contribution >= 0.6 is 0 Å². The Hall–Kier alpha value is -1.43. The molecule has 0 spiro atoms. The van der Waals surface area contributed by atoms with Gasteiger partial charge in [-0.3, -0.25) is 0 Å². The Morgan fingerprint density at radius 1 is 1.43 bits per heavy atom. The third-order valence-electron chi connectivity index (χ3n) is 1.98. The molecule has 0 N–H and O–H groups in total. The van der Waals surface area contributed by atoms with E-state index in [1.165, 1.54) is 18.2 Å². The lowest BCUT2D eigenvalue weighted by Gasteiger charge is -1.96. The van der Waals surface area contributed by atoms with E-state index < -0.39 is 10.2 Å². The molecule has 14 heavy (non-hydrogen) atoms. The zero-order valence-electron chi connectivity index (χ0n) is 7.31. The topological polar surface area (TPSA) is 52.0 Å². The Bertz CT molecular complexity index is 588. The van der Waals surface area contributed by atoms with Gasteiger partial charge >= 0.3 is 10.2 Å². The molecule has 0 aliphatic carbocycles. The van der Waals surface area contributed by atoms with Crippen LogP contribution in [0, 0.1) is 0 Å². The third kappa shape index (κ3) is 1.37. The van der Waals surface area contributed by atoms with Crippen LogP contribution in [0.4, 0.5) is 3.89 Å². The van der Waals surface area contributed by atoms with E-state index in [1.54, 1.807) is 17.9 Å². The summed E-state index contributed by atoms with van der Waals surface area (Å²) in [6.45, 7) is 0. The summed E-state index contributed by atoms with van der Waals surface area (Å²) in [6.07, 6.45) is 1.54. The van der Waals surface area contributed by atoms with E-state index in [1.807, 2.05) is 0 Å². The molecular formula is C8H7FN2O2S. The van der Waals surface area contributed by atoms with E-state index in [4.69, 9.17) is 0 Å². The second-order valence-electron chi connectivity index (χ2n) is 2.94. The Morgan fingerprint density at radius 3 is 2.79 bits per heavy atom. The SMILES string of the molecule is Cn1cnc2cc(S(=O)(=O)F)ccc21. The lowest BCUT2D eigenvalue weighted by atomic mass is 10.3. The van der Waals surface area contributed by atoms with E-state index in [-0.39, 0.29) is 4.90 Å². The molecule has 0 unspecified atom stereocenters. The monoisotopic (exact) mass is 214 g/mol. The van der Waals surface area contributed by atoms with Gasteiger partial charge in [0.05, 0.1) is 17.4 Å². The molecule has 0 saturated heterocycles. The van der Waals surface area contributed by atoms with Gasteiger partial charge in [0, 0.05) is 7.05 Å². The summed E-state index contributed by atoms with van der Waals surface area (Å²) < 4.78 is 35.5. The van der Waals surface area contributed by atoms with Gasteiger partial charge in [0.2, 0.25) is 0 Å². The largest absolute Gasteiger partial charge is 0.334 e. The van der Waals surface area contributed by atoms with Crippen molar-refractivity contribution in [3.05, 3.63) is 24.5 Å². The third-order valence-corrected chi connectivity index (χ3v) is 2.80. The molecule has 74 valence electrons. The first-order chi connectivity index (χ1) is 6.48. The second-order valence-corrected chi connectivity index (χ2v) is 4.29. The molecule has 1 aromatic carbocycles. The molecule has 0 radical (unpaired) electrons. The van der Waals surface area contributed by atoms with E-state index in [9.17, 15) is 12.3 Å². The normalized spacial score (nSPS) is 12.1. The van der Waals surface area contributed by atoms with Crippen LogP contribution in [0.5, 0.6) is 0 Å². The lowest BCUT2D eigenvalue weighted by Crippen LogP contribution is -1.91. The molecule has 2 rings (SSSR count). The molecule has 0 bridgehead atoms. The smallest absolute Gasteiger partial charge is 0.332 e. The summed E-state index contributed by atoms with van der Waals surface area (Å²) >= 11 is 0. The van der Waals surface area contributed by atoms with Crippen molar-refractivity contribution in [1.82, 2.24) is 9.55 Å². The van der Waals surface area contributed by atoms with Crippen molar-refractivity contribution < 1.29 is 12.3 Å². The number of hydrogen-bond acceptors (Lipinski definition) is 3. The van der Waals surface area contributed by atoms with Crippen LogP contribution in [0.25, 0.3) is 11.0 Å². The minimum absolute atomic E-state index is 0.358. The molecule has 1 heterocycles. The van der Waals surface area contributed by atoms with Gasteiger partial charge in [0.15, 0.2) is 0 Å². The zero-order chi connectivity index (χ0) is 10.3. The number of nitrogens with zero attached hydrogens (tertiary/aromatic N) is 2. The highest BCUT2D eigenvalue weighted by Crippen LogP contribution is 2.18. The van der Waals surface area contributed by atoms with Crippen molar-refractivity contribution in [3.8, 4) is 0 Å². The maximum Gasteiger partial charge on any atom is 0.332 e. The first-order valence-corrected chi connectivity index (χ1v) is 5.22. The average Bonchev–Trinajstić information content (AvgIpc) is 2.46. The van der Waals surface area contributed by atoms with Crippen LogP contribution in [0.15, 0.2) is 29.4 Å². The minimum Gasteiger partial charge on any atom is -0.334 e. The van der Waals surface area contributed by atoms with Crippen molar-refractivity contribution in [3.63, 3.8) is 0 Å². The quantitative estimate of drug-likeness (QED) is 0.671.